The van der Waals surface area contributed by atoms with Crippen molar-refractivity contribution < 1.29 is 14.0 Å². The molecule has 0 N–H and O–H groups in total. The standard InChI is InChI=1S/C16H17ClFN3O2/c17-12-4-3-10(8-13(12)18)19-7-5-11(9-19)21-15(22)14-2-1-6-20(14)16(21)23/h3-4,8,11,14H,1-2,5-7,9H2. The van der Waals surface area contributed by atoms with E-state index in [1.54, 1.807) is 11.0 Å². The van der Waals surface area contributed by atoms with Crippen LogP contribution in [0.1, 0.15) is 19.3 Å². The summed E-state index contributed by atoms with van der Waals surface area (Å²) in [4.78, 5) is 30.1. The number of carbonyl (C=O) groups is 2. The maximum absolute atomic E-state index is 13.6. The van der Waals surface area contributed by atoms with E-state index < -0.39 is 5.82 Å². The van der Waals surface area contributed by atoms with Crippen molar-refractivity contribution >= 4 is 29.2 Å². The molecule has 3 aliphatic heterocycles. The Morgan fingerprint density at radius 3 is 2.74 bits per heavy atom. The first kappa shape index (κ1) is 14.8. The fraction of sp³-hybridized carbons (Fsp3) is 0.500. The van der Waals surface area contributed by atoms with Gasteiger partial charge in [-0.15, -0.1) is 0 Å². The van der Waals surface area contributed by atoms with E-state index in [-0.39, 0.29) is 29.0 Å². The molecule has 3 amide bonds. The number of nitrogens with zero attached hydrogens (tertiary/aromatic N) is 3. The number of urea groups is 1. The lowest BCUT2D eigenvalue weighted by atomic mass is 10.2. The Kier molecular flexibility index (Phi) is 3.44. The van der Waals surface area contributed by atoms with Gasteiger partial charge in [-0.05, 0) is 37.5 Å². The fourth-order valence-electron chi connectivity index (χ4n) is 3.85. The minimum Gasteiger partial charge on any atom is -0.369 e. The SMILES string of the molecule is O=C1C2CCCN2C(=O)N1C1CCN(c2ccc(Cl)c(F)c2)C1. The second-order valence-corrected chi connectivity index (χ2v) is 6.74. The molecule has 122 valence electrons. The van der Waals surface area contributed by atoms with Crippen molar-refractivity contribution in [3.8, 4) is 0 Å². The molecule has 1 aromatic rings. The molecule has 5 nitrogen and oxygen atoms in total. The molecule has 0 aliphatic carbocycles. The van der Waals surface area contributed by atoms with Gasteiger partial charge in [0.25, 0.3) is 5.91 Å². The number of amides is 3. The Bertz CT molecular complexity index is 661. The molecule has 0 radical (unpaired) electrons. The fourth-order valence-corrected chi connectivity index (χ4v) is 3.97. The van der Waals surface area contributed by atoms with Crippen LogP contribution < -0.4 is 4.90 Å². The normalized spacial score (nSPS) is 27.3. The van der Waals surface area contributed by atoms with E-state index in [4.69, 9.17) is 11.6 Å². The predicted octanol–water partition coefficient (Wildman–Crippen LogP) is 2.48. The predicted molar refractivity (Wildman–Crippen MR) is 84.0 cm³/mol. The second kappa shape index (κ2) is 5.37. The van der Waals surface area contributed by atoms with Crippen molar-refractivity contribution in [2.45, 2.75) is 31.3 Å². The summed E-state index contributed by atoms with van der Waals surface area (Å²) in [5, 5.41) is 0.0926. The molecule has 1 aromatic carbocycles. The van der Waals surface area contributed by atoms with E-state index in [0.29, 0.717) is 26.1 Å². The molecule has 4 rings (SSSR count). The van der Waals surface area contributed by atoms with Crippen LogP contribution in [-0.4, -0.2) is 53.5 Å². The number of carbonyl (C=O) groups excluding carboxylic acids is 2. The van der Waals surface area contributed by atoms with Crippen LogP contribution in [0, 0.1) is 5.82 Å². The third kappa shape index (κ3) is 2.27. The van der Waals surface area contributed by atoms with Crippen molar-refractivity contribution in [2.24, 2.45) is 0 Å². The maximum atomic E-state index is 13.6. The molecule has 0 aromatic heterocycles. The van der Waals surface area contributed by atoms with Crippen LogP contribution in [0.2, 0.25) is 5.02 Å². The smallest absolute Gasteiger partial charge is 0.327 e. The van der Waals surface area contributed by atoms with Gasteiger partial charge in [0.15, 0.2) is 0 Å². The van der Waals surface area contributed by atoms with Gasteiger partial charge in [0.2, 0.25) is 0 Å². The van der Waals surface area contributed by atoms with E-state index in [2.05, 4.69) is 0 Å². The highest BCUT2D eigenvalue weighted by molar-refractivity contribution is 6.30. The molecule has 3 heterocycles. The van der Waals surface area contributed by atoms with Gasteiger partial charge in [-0.2, -0.15) is 0 Å². The Hall–Kier alpha value is -1.82. The van der Waals surface area contributed by atoms with E-state index in [0.717, 1.165) is 18.5 Å². The van der Waals surface area contributed by atoms with Crippen LogP contribution >= 0.6 is 11.6 Å². The highest BCUT2D eigenvalue weighted by atomic mass is 35.5. The average molecular weight is 338 g/mol. The van der Waals surface area contributed by atoms with Crippen LogP contribution in [0.25, 0.3) is 0 Å². The molecule has 7 heteroatoms. The maximum Gasteiger partial charge on any atom is 0.327 e. The summed E-state index contributed by atoms with van der Waals surface area (Å²) in [6, 6.07) is 4.13. The zero-order chi connectivity index (χ0) is 16.1. The lowest BCUT2D eigenvalue weighted by Gasteiger charge is -2.24. The number of halogens is 2. The van der Waals surface area contributed by atoms with Crippen molar-refractivity contribution in [1.29, 1.82) is 0 Å². The number of imide groups is 1. The molecule has 0 spiro atoms. The summed E-state index contributed by atoms with van der Waals surface area (Å²) in [5.74, 6) is -0.525. The average Bonchev–Trinajstić information content (AvgIpc) is 3.22. The van der Waals surface area contributed by atoms with Gasteiger partial charge in [-0.25, -0.2) is 9.18 Å². The van der Waals surface area contributed by atoms with Crippen molar-refractivity contribution in [3.63, 3.8) is 0 Å². The van der Waals surface area contributed by atoms with Crippen LogP contribution in [0.3, 0.4) is 0 Å². The van der Waals surface area contributed by atoms with E-state index in [1.165, 1.54) is 17.0 Å². The van der Waals surface area contributed by atoms with Gasteiger partial charge in [0.1, 0.15) is 11.9 Å². The molecule has 0 saturated carbocycles. The zero-order valence-corrected chi connectivity index (χ0v) is 13.3. The number of fused-ring (bicyclic) bond motifs is 1. The van der Waals surface area contributed by atoms with E-state index in [9.17, 15) is 14.0 Å². The molecular formula is C16H17ClFN3O2. The first-order valence-corrected chi connectivity index (χ1v) is 8.28. The molecule has 0 bridgehead atoms. The largest absolute Gasteiger partial charge is 0.369 e. The zero-order valence-electron chi connectivity index (χ0n) is 12.5. The Morgan fingerprint density at radius 2 is 2.00 bits per heavy atom. The summed E-state index contributed by atoms with van der Waals surface area (Å²) in [6.45, 7) is 1.90. The molecule has 23 heavy (non-hydrogen) atoms. The molecule has 3 fully saturated rings. The quantitative estimate of drug-likeness (QED) is 0.779. The minimum absolute atomic E-state index is 0.0679. The lowest BCUT2D eigenvalue weighted by Crippen LogP contribution is -2.43. The third-order valence-electron chi connectivity index (χ3n) is 5.02. The van der Waals surface area contributed by atoms with Crippen LogP contribution in [0.4, 0.5) is 14.9 Å². The first-order valence-electron chi connectivity index (χ1n) is 7.90. The molecule has 2 atom stereocenters. The summed E-state index contributed by atoms with van der Waals surface area (Å²) >= 11 is 5.72. The highest BCUT2D eigenvalue weighted by Gasteiger charge is 2.50. The summed E-state index contributed by atoms with van der Waals surface area (Å²) in [7, 11) is 0. The summed E-state index contributed by atoms with van der Waals surface area (Å²) in [6.07, 6.45) is 2.37. The number of rotatable bonds is 2. The number of benzene rings is 1. The van der Waals surface area contributed by atoms with Gasteiger partial charge < -0.3 is 9.80 Å². The van der Waals surface area contributed by atoms with Gasteiger partial charge in [0, 0.05) is 25.3 Å². The van der Waals surface area contributed by atoms with E-state index >= 15 is 0 Å². The van der Waals surface area contributed by atoms with Crippen LogP contribution in [0.15, 0.2) is 18.2 Å². The topological polar surface area (TPSA) is 43.9 Å². The molecule has 3 aliphatic rings. The van der Waals surface area contributed by atoms with Gasteiger partial charge in [0.05, 0.1) is 11.1 Å². The third-order valence-corrected chi connectivity index (χ3v) is 5.33. The van der Waals surface area contributed by atoms with Crippen molar-refractivity contribution in [3.05, 3.63) is 29.0 Å². The van der Waals surface area contributed by atoms with Gasteiger partial charge in [-0.3, -0.25) is 9.69 Å². The number of hydrogen-bond donors (Lipinski definition) is 0. The first-order chi connectivity index (χ1) is 11.1. The highest BCUT2D eigenvalue weighted by Crippen LogP contribution is 2.32. The van der Waals surface area contributed by atoms with Crippen LogP contribution in [0.5, 0.6) is 0 Å². The van der Waals surface area contributed by atoms with Gasteiger partial charge in [-0.1, -0.05) is 11.6 Å². The van der Waals surface area contributed by atoms with Crippen LogP contribution in [-0.2, 0) is 4.79 Å². The Balaban J connectivity index is 1.51. The van der Waals surface area contributed by atoms with Crippen molar-refractivity contribution in [2.75, 3.05) is 24.5 Å². The van der Waals surface area contributed by atoms with Gasteiger partial charge >= 0.3 is 6.03 Å². The Morgan fingerprint density at radius 1 is 1.17 bits per heavy atom. The minimum atomic E-state index is -0.457. The lowest BCUT2D eigenvalue weighted by molar-refractivity contribution is -0.129. The molecular weight excluding hydrogens is 321 g/mol. The van der Waals surface area contributed by atoms with Crippen molar-refractivity contribution in [1.82, 2.24) is 9.80 Å². The number of hydrogen-bond acceptors (Lipinski definition) is 3. The monoisotopic (exact) mass is 337 g/mol. The Labute approximate surface area is 138 Å². The summed E-state index contributed by atoms with van der Waals surface area (Å²) < 4.78 is 13.6. The second-order valence-electron chi connectivity index (χ2n) is 6.33. The van der Waals surface area contributed by atoms with E-state index in [1.807, 2.05) is 4.90 Å². The number of anilines is 1. The summed E-state index contributed by atoms with van der Waals surface area (Å²) in [5.41, 5.74) is 0.731. The molecule has 3 saturated heterocycles. The molecule has 2 unspecified atom stereocenters.